The average molecular weight is 406 g/mol. The Labute approximate surface area is 170 Å². The molecule has 2 aliphatic heterocycles. The van der Waals surface area contributed by atoms with E-state index in [0.717, 1.165) is 21.6 Å². The molecule has 29 heavy (non-hydrogen) atoms. The number of rotatable bonds is 2. The summed E-state index contributed by atoms with van der Waals surface area (Å²) in [7, 11) is 0. The van der Waals surface area contributed by atoms with Gasteiger partial charge in [0.25, 0.3) is 11.8 Å². The molecule has 0 bridgehead atoms. The zero-order chi connectivity index (χ0) is 20.1. The minimum atomic E-state index is -0.414. The quantitative estimate of drug-likeness (QED) is 0.682. The molecule has 1 atom stereocenters. The Morgan fingerprint density at radius 2 is 2.10 bits per heavy atom. The Bertz CT molecular complexity index is 1190. The third kappa shape index (κ3) is 3.05. The number of anilines is 2. The summed E-state index contributed by atoms with van der Waals surface area (Å²) in [6, 6.07) is 9.96. The molecule has 0 radical (unpaired) electrons. The van der Waals surface area contributed by atoms with Crippen molar-refractivity contribution < 1.29 is 14.4 Å². The first-order valence-electron chi connectivity index (χ1n) is 9.44. The first kappa shape index (κ1) is 17.8. The highest BCUT2D eigenvalue weighted by atomic mass is 32.1. The maximum Gasteiger partial charge on any atom is 0.256 e. The van der Waals surface area contributed by atoms with Crippen molar-refractivity contribution in [1.82, 2.24) is 9.88 Å². The predicted molar refractivity (Wildman–Crippen MR) is 111 cm³/mol. The van der Waals surface area contributed by atoms with E-state index in [1.54, 1.807) is 29.2 Å². The topological polar surface area (TPSA) is 91.4 Å². The van der Waals surface area contributed by atoms with Gasteiger partial charge in [-0.25, -0.2) is 4.98 Å². The molecule has 5 rings (SSSR count). The summed E-state index contributed by atoms with van der Waals surface area (Å²) >= 11 is 1.54. The smallest absolute Gasteiger partial charge is 0.256 e. The van der Waals surface area contributed by atoms with Crippen LogP contribution in [0.3, 0.4) is 0 Å². The van der Waals surface area contributed by atoms with E-state index in [9.17, 15) is 14.4 Å². The number of fused-ring (bicyclic) bond motifs is 3. The van der Waals surface area contributed by atoms with Crippen LogP contribution in [0.1, 0.15) is 38.6 Å². The van der Waals surface area contributed by atoms with E-state index in [-0.39, 0.29) is 17.7 Å². The predicted octanol–water partition coefficient (Wildman–Crippen LogP) is 3.41. The van der Waals surface area contributed by atoms with Crippen LogP contribution in [0.5, 0.6) is 0 Å². The molecule has 8 heteroatoms. The molecule has 3 amide bonds. The summed E-state index contributed by atoms with van der Waals surface area (Å²) in [5.74, 6) is -0.597. The van der Waals surface area contributed by atoms with Crippen molar-refractivity contribution in [3.8, 4) is 0 Å². The number of aromatic nitrogens is 1. The van der Waals surface area contributed by atoms with Gasteiger partial charge < -0.3 is 15.5 Å². The molecule has 146 valence electrons. The van der Waals surface area contributed by atoms with Crippen LogP contribution in [-0.4, -0.2) is 40.2 Å². The monoisotopic (exact) mass is 406 g/mol. The van der Waals surface area contributed by atoms with Crippen LogP contribution >= 0.6 is 11.3 Å². The second-order valence-electron chi connectivity index (χ2n) is 7.28. The van der Waals surface area contributed by atoms with Crippen LogP contribution in [0.15, 0.2) is 36.4 Å². The summed E-state index contributed by atoms with van der Waals surface area (Å²) in [6.07, 6.45) is 1.49. The molecular weight excluding hydrogens is 388 g/mol. The molecule has 1 fully saturated rings. The number of hydrogen-bond acceptors (Lipinski definition) is 5. The summed E-state index contributed by atoms with van der Waals surface area (Å²) in [6.45, 7) is 2.50. The lowest BCUT2D eigenvalue weighted by Crippen LogP contribution is -2.40. The highest BCUT2D eigenvalue weighted by Gasteiger charge is 2.38. The van der Waals surface area contributed by atoms with E-state index < -0.39 is 6.04 Å². The minimum absolute atomic E-state index is 0.153. The van der Waals surface area contributed by atoms with Gasteiger partial charge >= 0.3 is 0 Å². The maximum atomic E-state index is 12.9. The molecule has 2 aliphatic rings. The van der Waals surface area contributed by atoms with Gasteiger partial charge in [0.1, 0.15) is 6.04 Å². The zero-order valence-corrected chi connectivity index (χ0v) is 16.5. The number of nitrogens with zero attached hydrogens (tertiary/aromatic N) is 2. The molecule has 0 spiro atoms. The Balaban J connectivity index is 1.43. The normalized spacial score (nSPS) is 18.2. The lowest BCUT2D eigenvalue weighted by Gasteiger charge is -2.20. The number of thiazole rings is 1. The van der Waals surface area contributed by atoms with Crippen LogP contribution in [0.4, 0.5) is 11.4 Å². The molecule has 3 aromatic rings. The third-order valence-corrected chi connectivity index (χ3v) is 6.27. The number of carbonyl (C=O) groups excluding carboxylic acids is 3. The molecule has 2 N–H and O–H groups in total. The van der Waals surface area contributed by atoms with Crippen molar-refractivity contribution in [2.75, 3.05) is 17.2 Å². The Morgan fingerprint density at radius 3 is 2.97 bits per heavy atom. The minimum Gasteiger partial charge on any atom is -0.327 e. The van der Waals surface area contributed by atoms with E-state index in [1.807, 2.05) is 19.1 Å². The Morgan fingerprint density at radius 1 is 1.24 bits per heavy atom. The van der Waals surface area contributed by atoms with Crippen molar-refractivity contribution in [3.05, 3.63) is 52.5 Å². The number of hydrogen-bond donors (Lipinski definition) is 2. The van der Waals surface area contributed by atoms with Crippen molar-refractivity contribution >= 4 is 50.6 Å². The first-order chi connectivity index (χ1) is 14.0. The lowest BCUT2D eigenvalue weighted by atomic mass is 10.1. The van der Waals surface area contributed by atoms with Crippen molar-refractivity contribution in [3.63, 3.8) is 0 Å². The summed E-state index contributed by atoms with van der Waals surface area (Å²) in [5, 5.41) is 6.64. The highest BCUT2D eigenvalue weighted by molar-refractivity contribution is 7.18. The maximum absolute atomic E-state index is 12.9. The molecule has 0 unspecified atom stereocenters. The zero-order valence-electron chi connectivity index (χ0n) is 15.7. The van der Waals surface area contributed by atoms with Crippen LogP contribution in [-0.2, 0) is 4.79 Å². The van der Waals surface area contributed by atoms with Gasteiger partial charge in [-0.15, -0.1) is 11.3 Å². The Hall–Kier alpha value is -3.26. The number of nitrogens with one attached hydrogen (secondary N) is 2. The van der Waals surface area contributed by atoms with Crippen LogP contribution in [0, 0.1) is 6.92 Å². The fourth-order valence-corrected chi connectivity index (χ4v) is 4.81. The van der Waals surface area contributed by atoms with Gasteiger partial charge in [0.2, 0.25) is 5.91 Å². The fourth-order valence-electron chi connectivity index (χ4n) is 3.95. The fraction of sp³-hybridized carbons (Fsp3) is 0.238. The lowest BCUT2D eigenvalue weighted by molar-refractivity contribution is -0.119. The largest absolute Gasteiger partial charge is 0.327 e. The van der Waals surface area contributed by atoms with Gasteiger partial charge in [0.05, 0.1) is 26.5 Å². The summed E-state index contributed by atoms with van der Waals surface area (Å²) in [4.78, 5) is 44.1. The van der Waals surface area contributed by atoms with Crippen LogP contribution in [0.25, 0.3) is 10.2 Å². The van der Waals surface area contributed by atoms with Crippen LogP contribution < -0.4 is 10.6 Å². The molecule has 0 aliphatic carbocycles. The van der Waals surface area contributed by atoms with Crippen molar-refractivity contribution in [1.29, 1.82) is 0 Å². The molecule has 3 heterocycles. The van der Waals surface area contributed by atoms with E-state index in [4.69, 9.17) is 0 Å². The third-order valence-electron chi connectivity index (χ3n) is 5.34. The molecular formula is C21H18N4O3S. The number of aryl methyl sites for hydroxylation is 1. The van der Waals surface area contributed by atoms with Crippen molar-refractivity contribution in [2.45, 2.75) is 25.8 Å². The van der Waals surface area contributed by atoms with E-state index in [2.05, 4.69) is 15.6 Å². The van der Waals surface area contributed by atoms with E-state index in [1.165, 1.54) is 11.3 Å². The molecule has 7 nitrogen and oxygen atoms in total. The number of amides is 3. The molecule has 1 aromatic heterocycles. The highest BCUT2D eigenvalue weighted by Crippen LogP contribution is 2.31. The van der Waals surface area contributed by atoms with Gasteiger partial charge in [0.15, 0.2) is 0 Å². The van der Waals surface area contributed by atoms with E-state index >= 15 is 0 Å². The number of carbonyl (C=O) groups is 3. The molecule has 2 aromatic carbocycles. The molecule has 0 saturated carbocycles. The summed E-state index contributed by atoms with van der Waals surface area (Å²) in [5.41, 5.74) is 2.78. The van der Waals surface area contributed by atoms with Gasteiger partial charge in [0, 0.05) is 17.8 Å². The first-order valence-corrected chi connectivity index (χ1v) is 10.3. The standard InChI is InChI=1S/C21H18N4O3S/c1-11-22-16-6-4-12(9-18(16)29-11)19(26)23-13-5-7-15-14(10-13)21(28)25-8-2-3-17(25)20(27)24-15/h4-7,9-10,17H,2-3,8H2,1H3,(H,23,26)(H,24,27)/t17-/m0/s1. The van der Waals surface area contributed by atoms with Gasteiger partial charge in [-0.3, -0.25) is 14.4 Å². The Kier molecular flexibility index (Phi) is 4.09. The van der Waals surface area contributed by atoms with Crippen LogP contribution in [0.2, 0.25) is 0 Å². The van der Waals surface area contributed by atoms with Gasteiger partial charge in [-0.05, 0) is 56.2 Å². The van der Waals surface area contributed by atoms with Gasteiger partial charge in [-0.2, -0.15) is 0 Å². The summed E-state index contributed by atoms with van der Waals surface area (Å²) < 4.78 is 0.954. The van der Waals surface area contributed by atoms with Gasteiger partial charge in [-0.1, -0.05) is 0 Å². The average Bonchev–Trinajstić information content (AvgIpc) is 3.31. The molecule has 1 saturated heterocycles. The van der Waals surface area contributed by atoms with Crippen molar-refractivity contribution in [2.24, 2.45) is 0 Å². The SMILES string of the molecule is Cc1nc2ccc(C(=O)Nc3ccc4c(c3)C(=O)N3CCC[C@H]3C(=O)N4)cc2s1. The second-order valence-corrected chi connectivity index (χ2v) is 8.51. The number of benzene rings is 2. The van der Waals surface area contributed by atoms with E-state index in [0.29, 0.717) is 35.5 Å². The second kappa shape index (κ2) is 6.66.